The fourth-order valence-corrected chi connectivity index (χ4v) is 4.33. The van der Waals surface area contributed by atoms with Gasteiger partial charge < -0.3 is 14.6 Å². The zero-order valence-corrected chi connectivity index (χ0v) is 14.2. The number of nitrogens with one attached hydrogen (secondary N) is 1. The average Bonchev–Trinajstić information content (AvgIpc) is 3.04. The monoisotopic (exact) mass is 323 g/mol. The Bertz CT molecular complexity index is 538. The van der Waals surface area contributed by atoms with E-state index in [0.717, 1.165) is 62.7 Å². The fourth-order valence-electron chi connectivity index (χ4n) is 3.07. The van der Waals surface area contributed by atoms with Crippen LogP contribution < -0.4 is 5.32 Å². The summed E-state index contributed by atoms with van der Waals surface area (Å²) in [6, 6.07) is 0. The molecular weight excluding hydrogens is 298 g/mol. The molecule has 1 aromatic heterocycles. The molecule has 2 saturated heterocycles. The number of imidazole rings is 1. The first-order chi connectivity index (χ1) is 10.6. The van der Waals surface area contributed by atoms with E-state index in [2.05, 4.69) is 16.8 Å². The standard InChI is InChI=1S/C16H25N3O2S/c1-11-12(2)19(10-13-6-5-9-21-13)16(18-11)22-14-7-3-4-8-17-15(14)20/h13-14H,3-10H2,1-2H3,(H,17,20)/t13-,14-/m0/s1. The van der Waals surface area contributed by atoms with Crippen molar-refractivity contribution in [1.82, 2.24) is 14.9 Å². The first-order valence-electron chi connectivity index (χ1n) is 8.25. The van der Waals surface area contributed by atoms with E-state index in [1.54, 1.807) is 11.8 Å². The van der Waals surface area contributed by atoms with E-state index in [9.17, 15) is 4.79 Å². The summed E-state index contributed by atoms with van der Waals surface area (Å²) in [4.78, 5) is 16.9. The molecule has 0 aliphatic carbocycles. The molecule has 2 aliphatic heterocycles. The Morgan fingerprint density at radius 3 is 2.95 bits per heavy atom. The minimum Gasteiger partial charge on any atom is -0.376 e. The minimum atomic E-state index is -0.0213. The van der Waals surface area contributed by atoms with Crippen LogP contribution in [0.15, 0.2) is 5.16 Å². The highest BCUT2D eigenvalue weighted by atomic mass is 32.2. The number of carbonyl (C=O) groups excluding carboxylic acids is 1. The van der Waals surface area contributed by atoms with Crippen LogP contribution in [0.2, 0.25) is 0 Å². The molecule has 3 heterocycles. The topological polar surface area (TPSA) is 56.2 Å². The van der Waals surface area contributed by atoms with Crippen molar-refractivity contribution in [2.75, 3.05) is 13.2 Å². The number of aromatic nitrogens is 2. The van der Waals surface area contributed by atoms with Gasteiger partial charge in [0.15, 0.2) is 5.16 Å². The highest BCUT2D eigenvalue weighted by molar-refractivity contribution is 8.00. The molecule has 0 bridgehead atoms. The summed E-state index contributed by atoms with van der Waals surface area (Å²) < 4.78 is 8.01. The predicted octanol–water partition coefficient (Wildman–Crippen LogP) is 2.44. The first kappa shape index (κ1) is 15.9. The summed E-state index contributed by atoms with van der Waals surface area (Å²) in [6.07, 6.45) is 5.65. The van der Waals surface area contributed by atoms with Gasteiger partial charge in [-0.15, -0.1) is 0 Å². The number of thioether (sulfide) groups is 1. The number of nitrogens with zero attached hydrogens (tertiary/aromatic N) is 2. The summed E-state index contributed by atoms with van der Waals surface area (Å²) in [5, 5.41) is 3.95. The molecule has 0 unspecified atom stereocenters. The van der Waals surface area contributed by atoms with Gasteiger partial charge >= 0.3 is 0 Å². The third-order valence-corrected chi connectivity index (χ3v) is 5.82. The van der Waals surface area contributed by atoms with E-state index >= 15 is 0 Å². The van der Waals surface area contributed by atoms with Gasteiger partial charge in [0.1, 0.15) is 0 Å². The van der Waals surface area contributed by atoms with Crippen LogP contribution in [-0.4, -0.2) is 40.0 Å². The number of rotatable bonds is 4. The van der Waals surface area contributed by atoms with Gasteiger partial charge in [0.2, 0.25) is 5.91 Å². The van der Waals surface area contributed by atoms with Crippen LogP contribution in [0.1, 0.15) is 43.5 Å². The molecule has 2 fully saturated rings. The zero-order valence-electron chi connectivity index (χ0n) is 13.4. The molecule has 0 aromatic carbocycles. The SMILES string of the molecule is Cc1nc(S[C@H]2CCCCNC2=O)n(C[C@@H]2CCCO2)c1C. The molecule has 0 saturated carbocycles. The molecule has 3 rings (SSSR count). The molecule has 6 heteroatoms. The van der Waals surface area contributed by atoms with Crippen LogP contribution in [-0.2, 0) is 16.1 Å². The van der Waals surface area contributed by atoms with Crippen molar-refractivity contribution in [3.63, 3.8) is 0 Å². The second-order valence-electron chi connectivity index (χ2n) is 6.20. The van der Waals surface area contributed by atoms with Crippen LogP contribution in [0.4, 0.5) is 0 Å². The third-order valence-electron chi connectivity index (χ3n) is 4.57. The quantitative estimate of drug-likeness (QED) is 0.925. The molecule has 1 amide bonds. The Labute approximate surface area is 136 Å². The van der Waals surface area contributed by atoms with Gasteiger partial charge in [-0.2, -0.15) is 0 Å². The van der Waals surface area contributed by atoms with Crippen LogP contribution in [0.3, 0.4) is 0 Å². The van der Waals surface area contributed by atoms with E-state index in [4.69, 9.17) is 9.72 Å². The lowest BCUT2D eigenvalue weighted by Crippen LogP contribution is -2.31. The van der Waals surface area contributed by atoms with Gasteiger partial charge in [0.25, 0.3) is 0 Å². The van der Waals surface area contributed by atoms with E-state index in [0.29, 0.717) is 0 Å². The summed E-state index contributed by atoms with van der Waals surface area (Å²) >= 11 is 1.62. The van der Waals surface area contributed by atoms with E-state index < -0.39 is 0 Å². The van der Waals surface area contributed by atoms with E-state index in [1.807, 2.05) is 6.92 Å². The Morgan fingerprint density at radius 2 is 2.18 bits per heavy atom. The van der Waals surface area contributed by atoms with Crippen LogP contribution in [0.5, 0.6) is 0 Å². The van der Waals surface area contributed by atoms with Gasteiger partial charge in [-0.05, 0) is 39.5 Å². The maximum atomic E-state index is 12.2. The number of amides is 1. The Hall–Kier alpha value is -1.01. The van der Waals surface area contributed by atoms with Crippen molar-refractivity contribution in [2.45, 2.75) is 69.0 Å². The molecule has 122 valence electrons. The van der Waals surface area contributed by atoms with Crippen molar-refractivity contribution in [1.29, 1.82) is 0 Å². The number of carbonyl (C=O) groups is 1. The van der Waals surface area contributed by atoms with Crippen molar-refractivity contribution in [3.05, 3.63) is 11.4 Å². The molecule has 22 heavy (non-hydrogen) atoms. The van der Waals surface area contributed by atoms with Gasteiger partial charge in [-0.1, -0.05) is 18.2 Å². The maximum Gasteiger partial charge on any atom is 0.233 e. The summed E-state index contributed by atoms with van der Waals surface area (Å²) in [6.45, 7) is 6.67. The van der Waals surface area contributed by atoms with Gasteiger partial charge in [0.05, 0.1) is 23.6 Å². The lowest BCUT2D eigenvalue weighted by atomic mass is 10.2. The number of ether oxygens (including phenoxy) is 1. The Morgan fingerprint density at radius 1 is 1.32 bits per heavy atom. The molecule has 1 N–H and O–H groups in total. The summed E-state index contributed by atoms with van der Waals surface area (Å²) in [5.41, 5.74) is 2.24. The molecule has 5 nitrogen and oxygen atoms in total. The fraction of sp³-hybridized carbons (Fsp3) is 0.750. The number of hydrogen-bond acceptors (Lipinski definition) is 4. The second-order valence-corrected chi connectivity index (χ2v) is 7.37. The molecule has 2 atom stereocenters. The van der Waals surface area contributed by atoms with Crippen molar-refractivity contribution in [3.8, 4) is 0 Å². The number of hydrogen-bond donors (Lipinski definition) is 1. The van der Waals surface area contributed by atoms with Crippen LogP contribution in [0.25, 0.3) is 0 Å². The highest BCUT2D eigenvalue weighted by Gasteiger charge is 2.26. The number of aryl methyl sites for hydroxylation is 1. The molecular formula is C16H25N3O2S. The van der Waals surface area contributed by atoms with Crippen molar-refractivity contribution < 1.29 is 9.53 Å². The summed E-state index contributed by atoms with van der Waals surface area (Å²) in [7, 11) is 0. The van der Waals surface area contributed by atoms with E-state index in [1.165, 1.54) is 5.69 Å². The van der Waals surface area contributed by atoms with E-state index in [-0.39, 0.29) is 17.3 Å². The molecule has 0 spiro atoms. The normalized spacial score (nSPS) is 26.0. The van der Waals surface area contributed by atoms with Crippen molar-refractivity contribution >= 4 is 17.7 Å². The summed E-state index contributed by atoms with van der Waals surface area (Å²) in [5.74, 6) is 0.157. The Balaban J connectivity index is 1.76. The minimum absolute atomic E-state index is 0.0213. The molecule has 1 aromatic rings. The van der Waals surface area contributed by atoms with Gasteiger partial charge in [-0.3, -0.25) is 4.79 Å². The van der Waals surface area contributed by atoms with Crippen LogP contribution in [0, 0.1) is 13.8 Å². The lowest BCUT2D eigenvalue weighted by molar-refractivity contribution is -0.120. The lowest BCUT2D eigenvalue weighted by Gasteiger charge is -2.17. The smallest absolute Gasteiger partial charge is 0.233 e. The average molecular weight is 323 g/mol. The van der Waals surface area contributed by atoms with Crippen molar-refractivity contribution in [2.24, 2.45) is 0 Å². The highest BCUT2D eigenvalue weighted by Crippen LogP contribution is 2.30. The van der Waals surface area contributed by atoms with Crippen LogP contribution >= 0.6 is 11.8 Å². The molecule has 0 radical (unpaired) electrons. The Kier molecular flexibility index (Phi) is 5.08. The largest absolute Gasteiger partial charge is 0.376 e. The third kappa shape index (κ3) is 3.49. The maximum absolute atomic E-state index is 12.2. The molecule has 2 aliphatic rings. The predicted molar refractivity (Wildman–Crippen MR) is 87.2 cm³/mol. The zero-order chi connectivity index (χ0) is 15.5. The second kappa shape index (κ2) is 7.04. The van der Waals surface area contributed by atoms with Gasteiger partial charge in [-0.25, -0.2) is 4.98 Å². The first-order valence-corrected chi connectivity index (χ1v) is 9.13. The van der Waals surface area contributed by atoms with Gasteiger partial charge in [0, 0.05) is 18.8 Å².